The monoisotopic (exact) mass is 389 g/mol. The molecule has 6 nitrogen and oxygen atoms in total. The van der Waals surface area contributed by atoms with E-state index in [1.807, 2.05) is 12.1 Å². The van der Waals surface area contributed by atoms with Gasteiger partial charge in [-0.05, 0) is 61.4 Å². The highest BCUT2D eigenvalue weighted by Crippen LogP contribution is 2.39. The molecule has 144 valence electrons. The van der Waals surface area contributed by atoms with Gasteiger partial charge in [-0.25, -0.2) is 0 Å². The SMILES string of the molecule is COc1ccnc(CN2[C@@H]3CC[C@H]2CC(CNC(=O)c2ccc(Cl)o2)C3)c1. The van der Waals surface area contributed by atoms with Gasteiger partial charge in [-0.1, -0.05) is 0 Å². The summed E-state index contributed by atoms with van der Waals surface area (Å²) < 4.78 is 10.5. The average Bonchev–Trinajstić information content (AvgIpc) is 3.20. The summed E-state index contributed by atoms with van der Waals surface area (Å²) in [5.74, 6) is 1.41. The van der Waals surface area contributed by atoms with Crippen molar-refractivity contribution < 1.29 is 13.9 Å². The van der Waals surface area contributed by atoms with E-state index in [4.69, 9.17) is 20.8 Å². The molecule has 1 unspecified atom stereocenters. The number of rotatable bonds is 6. The zero-order valence-corrected chi connectivity index (χ0v) is 16.1. The summed E-state index contributed by atoms with van der Waals surface area (Å²) in [4.78, 5) is 19.2. The van der Waals surface area contributed by atoms with Crippen LogP contribution in [-0.4, -0.2) is 41.5 Å². The third-order valence-corrected chi connectivity index (χ3v) is 5.90. The molecule has 2 aromatic rings. The van der Waals surface area contributed by atoms with E-state index >= 15 is 0 Å². The number of carbonyl (C=O) groups is 1. The minimum Gasteiger partial charge on any atom is -0.497 e. The van der Waals surface area contributed by atoms with E-state index in [0.717, 1.165) is 30.8 Å². The lowest BCUT2D eigenvalue weighted by atomic mass is 9.90. The summed E-state index contributed by atoms with van der Waals surface area (Å²) in [5.41, 5.74) is 1.05. The Morgan fingerprint density at radius 3 is 2.78 bits per heavy atom. The largest absolute Gasteiger partial charge is 0.497 e. The van der Waals surface area contributed by atoms with Crippen LogP contribution >= 0.6 is 11.6 Å². The Morgan fingerprint density at radius 2 is 2.11 bits per heavy atom. The number of nitrogens with zero attached hydrogens (tertiary/aromatic N) is 2. The summed E-state index contributed by atoms with van der Waals surface area (Å²) >= 11 is 5.74. The standard InChI is InChI=1S/C20H24ClN3O3/c1-26-17-6-7-22-14(10-17)12-24-15-2-3-16(24)9-13(8-15)11-23-20(25)18-4-5-19(21)27-18/h4-7,10,13,15-16H,2-3,8-9,11-12H2,1H3,(H,23,25)/t13?,15-,16+. The molecule has 0 saturated carbocycles. The van der Waals surface area contributed by atoms with Crippen LogP contribution < -0.4 is 10.1 Å². The van der Waals surface area contributed by atoms with Crippen LogP contribution in [-0.2, 0) is 6.54 Å². The van der Waals surface area contributed by atoms with Crippen molar-refractivity contribution in [1.82, 2.24) is 15.2 Å². The zero-order chi connectivity index (χ0) is 18.8. The molecule has 2 aromatic heterocycles. The number of amides is 1. The summed E-state index contributed by atoms with van der Waals surface area (Å²) in [6.07, 6.45) is 6.43. The molecule has 2 saturated heterocycles. The van der Waals surface area contributed by atoms with Crippen molar-refractivity contribution in [3.05, 3.63) is 47.1 Å². The Hall–Kier alpha value is -2.05. The number of nitrogens with one attached hydrogen (secondary N) is 1. The van der Waals surface area contributed by atoms with E-state index in [1.165, 1.54) is 12.8 Å². The van der Waals surface area contributed by atoms with Gasteiger partial charge in [0.25, 0.3) is 5.91 Å². The fourth-order valence-electron chi connectivity index (χ4n) is 4.43. The minimum absolute atomic E-state index is 0.197. The van der Waals surface area contributed by atoms with Gasteiger partial charge in [0, 0.05) is 37.4 Å². The van der Waals surface area contributed by atoms with Gasteiger partial charge in [0.1, 0.15) is 5.75 Å². The number of ether oxygens (including phenoxy) is 1. The van der Waals surface area contributed by atoms with Crippen LogP contribution in [0.2, 0.25) is 5.22 Å². The van der Waals surface area contributed by atoms with Crippen LogP contribution in [0.1, 0.15) is 41.9 Å². The molecule has 3 atom stereocenters. The van der Waals surface area contributed by atoms with Crippen LogP contribution in [0.3, 0.4) is 0 Å². The third-order valence-electron chi connectivity index (χ3n) is 5.70. The number of aromatic nitrogens is 1. The first-order chi connectivity index (χ1) is 13.1. The van der Waals surface area contributed by atoms with Crippen LogP contribution in [0.15, 0.2) is 34.9 Å². The number of carbonyl (C=O) groups excluding carboxylic acids is 1. The van der Waals surface area contributed by atoms with E-state index < -0.39 is 0 Å². The quantitative estimate of drug-likeness (QED) is 0.818. The van der Waals surface area contributed by atoms with E-state index in [1.54, 1.807) is 25.4 Å². The summed E-state index contributed by atoms with van der Waals surface area (Å²) in [6.45, 7) is 1.53. The Labute approximate surface area is 163 Å². The second-order valence-corrected chi connectivity index (χ2v) is 7.77. The fourth-order valence-corrected chi connectivity index (χ4v) is 4.57. The smallest absolute Gasteiger partial charge is 0.287 e. The van der Waals surface area contributed by atoms with Gasteiger partial charge in [0.2, 0.25) is 0 Å². The number of halogens is 1. The summed E-state index contributed by atoms with van der Waals surface area (Å²) in [6, 6.07) is 8.18. The van der Waals surface area contributed by atoms with Crippen molar-refractivity contribution in [2.45, 2.75) is 44.3 Å². The first kappa shape index (κ1) is 18.3. The van der Waals surface area contributed by atoms with Crippen LogP contribution in [0.4, 0.5) is 0 Å². The lowest BCUT2D eigenvalue weighted by Crippen LogP contribution is -2.45. The molecule has 4 rings (SSSR count). The number of hydrogen-bond acceptors (Lipinski definition) is 5. The molecule has 0 radical (unpaired) electrons. The van der Waals surface area contributed by atoms with Crippen LogP contribution in [0.25, 0.3) is 0 Å². The molecule has 1 amide bonds. The molecule has 2 aliphatic heterocycles. The van der Waals surface area contributed by atoms with Crippen molar-refractivity contribution in [2.24, 2.45) is 5.92 Å². The lowest BCUT2D eigenvalue weighted by molar-refractivity contribution is 0.0828. The lowest BCUT2D eigenvalue weighted by Gasteiger charge is -2.38. The van der Waals surface area contributed by atoms with Gasteiger partial charge in [-0.2, -0.15) is 0 Å². The number of pyridine rings is 1. The summed E-state index contributed by atoms with van der Waals surface area (Å²) in [5, 5.41) is 3.23. The number of furan rings is 1. The Kier molecular flexibility index (Phi) is 5.36. The maximum Gasteiger partial charge on any atom is 0.287 e. The highest BCUT2D eigenvalue weighted by molar-refractivity contribution is 6.29. The maximum absolute atomic E-state index is 12.2. The molecule has 2 bridgehead atoms. The molecule has 2 aliphatic rings. The van der Waals surface area contributed by atoms with Gasteiger partial charge in [0.15, 0.2) is 11.0 Å². The topological polar surface area (TPSA) is 67.6 Å². The van der Waals surface area contributed by atoms with Crippen molar-refractivity contribution in [2.75, 3.05) is 13.7 Å². The Bertz CT molecular complexity index is 795. The summed E-state index contributed by atoms with van der Waals surface area (Å²) in [7, 11) is 1.68. The molecule has 2 fully saturated rings. The molecule has 27 heavy (non-hydrogen) atoms. The van der Waals surface area contributed by atoms with Gasteiger partial charge in [0.05, 0.1) is 12.8 Å². The van der Waals surface area contributed by atoms with Crippen LogP contribution in [0, 0.1) is 5.92 Å². The number of hydrogen-bond donors (Lipinski definition) is 1. The molecule has 0 aliphatic carbocycles. The predicted octanol–water partition coefficient (Wildman–Crippen LogP) is 3.51. The number of piperidine rings is 1. The van der Waals surface area contributed by atoms with Crippen molar-refractivity contribution in [3.8, 4) is 5.75 Å². The Balaban J connectivity index is 1.32. The van der Waals surface area contributed by atoms with Gasteiger partial charge < -0.3 is 14.5 Å². The molecular weight excluding hydrogens is 366 g/mol. The first-order valence-corrected chi connectivity index (χ1v) is 9.78. The van der Waals surface area contributed by atoms with Gasteiger partial charge in [-0.15, -0.1) is 0 Å². The minimum atomic E-state index is -0.197. The van der Waals surface area contributed by atoms with E-state index in [0.29, 0.717) is 24.5 Å². The molecule has 7 heteroatoms. The highest BCUT2D eigenvalue weighted by Gasteiger charge is 2.40. The molecular formula is C20H24ClN3O3. The molecule has 4 heterocycles. The fraction of sp³-hybridized carbons (Fsp3) is 0.500. The van der Waals surface area contributed by atoms with Gasteiger partial charge >= 0.3 is 0 Å². The van der Waals surface area contributed by atoms with Gasteiger partial charge in [-0.3, -0.25) is 14.7 Å². The second-order valence-electron chi connectivity index (χ2n) is 7.40. The second kappa shape index (κ2) is 7.90. The predicted molar refractivity (Wildman–Crippen MR) is 102 cm³/mol. The normalized spacial score (nSPS) is 24.7. The average molecular weight is 390 g/mol. The highest BCUT2D eigenvalue weighted by atomic mass is 35.5. The Morgan fingerprint density at radius 1 is 1.33 bits per heavy atom. The zero-order valence-electron chi connectivity index (χ0n) is 15.4. The van der Waals surface area contributed by atoms with E-state index in [2.05, 4.69) is 15.2 Å². The molecule has 0 spiro atoms. The first-order valence-electron chi connectivity index (χ1n) is 9.40. The third kappa shape index (κ3) is 4.12. The van der Waals surface area contributed by atoms with Crippen molar-refractivity contribution >= 4 is 17.5 Å². The maximum atomic E-state index is 12.2. The number of fused-ring (bicyclic) bond motifs is 2. The van der Waals surface area contributed by atoms with E-state index in [9.17, 15) is 4.79 Å². The van der Waals surface area contributed by atoms with Crippen molar-refractivity contribution in [1.29, 1.82) is 0 Å². The molecule has 1 N–H and O–H groups in total. The van der Waals surface area contributed by atoms with E-state index in [-0.39, 0.29) is 16.9 Å². The molecule has 0 aromatic carbocycles. The van der Waals surface area contributed by atoms with Crippen LogP contribution in [0.5, 0.6) is 5.75 Å². The van der Waals surface area contributed by atoms with Crippen molar-refractivity contribution in [3.63, 3.8) is 0 Å². The number of methoxy groups -OCH3 is 1.